The molecule has 2 N–H and O–H groups in total. The van der Waals surface area contributed by atoms with Crippen molar-refractivity contribution in [3.63, 3.8) is 0 Å². The van der Waals surface area contributed by atoms with Crippen LogP contribution in [0.4, 0.5) is 0 Å². The molecule has 0 radical (unpaired) electrons. The Hall–Kier alpha value is -1.06. The Bertz CT molecular complexity index is 595. The number of rotatable bonds is 1. The number of hydrogen-bond acceptors (Lipinski definition) is 2. The molecule has 0 amide bonds. The minimum atomic E-state index is -0.281. The van der Waals surface area contributed by atoms with Gasteiger partial charge in [0.15, 0.2) is 0 Å². The van der Waals surface area contributed by atoms with Crippen LogP contribution < -0.4 is 5.73 Å². The molecule has 0 atom stereocenters. The molecule has 1 fully saturated rings. The third kappa shape index (κ3) is 2.26. The van der Waals surface area contributed by atoms with Gasteiger partial charge in [-0.2, -0.15) is 0 Å². The Kier molecular flexibility index (Phi) is 3.27. The molecule has 1 aromatic carbocycles. The molecule has 0 spiro atoms. The number of nitrogens with two attached hydrogens (primary N) is 1. The van der Waals surface area contributed by atoms with E-state index in [4.69, 9.17) is 22.3 Å². The lowest BCUT2D eigenvalue weighted by molar-refractivity contribution is 0.355. The Morgan fingerprint density at radius 2 is 1.89 bits per heavy atom. The molecule has 102 valence electrons. The van der Waals surface area contributed by atoms with E-state index in [0.717, 1.165) is 34.7 Å². The first-order chi connectivity index (χ1) is 9.10. The van der Waals surface area contributed by atoms with Crippen LogP contribution in [0.2, 0.25) is 5.02 Å². The van der Waals surface area contributed by atoms with Gasteiger partial charge in [0, 0.05) is 12.1 Å². The van der Waals surface area contributed by atoms with E-state index in [2.05, 4.69) is 11.6 Å². The fraction of sp³-hybridized carbons (Fsp3) is 0.533. The average Bonchev–Trinajstić information content (AvgIpc) is 2.57. The van der Waals surface area contributed by atoms with Gasteiger partial charge in [-0.25, -0.2) is 4.98 Å². The molecule has 1 heterocycles. The Balaban J connectivity index is 2.11. The molecule has 19 heavy (non-hydrogen) atoms. The lowest BCUT2D eigenvalue weighted by Crippen LogP contribution is -2.38. The predicted octanol–water partition coefficient (Wildman–Crippen LogP) is 3.73. The van der Waals surface area contributed by atoms with E-state index < -0.39 is 0 Å². The van der Waals surface area contributed by atoms with Gasteiger partial charge < -0.3 is 10.3 Å². The van der Waals surface area contributed by atoms with Crippen LogP contribution in [0.1, 0.15) is 44.3 Å². The van der Waals surface area contributed by atoms with Crippen molar-refractivity contribution in [3.8, 4) is 0 Å². The van der Waals surface area contributed by atoms with Crippen molar-refractivity contribution < 1.29 is 0 Å². The van der Waals surface area contributed by atoms with Crippen molar-refractivity contribution in [2.45, 2.75) is 44.1 Å². The third-order valence-electron chi connectivity index (χ3n) is 4.28. The van der Waals surface area contributed by atoms with Gasteiger partial charge >= 0.3 is 0 Å². The molecule has 1 saturated carbocycles. The summed E-state index contributed by atoms with van der Waals surface area (Å²) in [7, 11) is 2.05. The minimum Gasteiger partial charge on any atom is -0.330 e. The summed E-state index contributed by atoms with van der Waals surface area (Å²) in [6.45, 7) is 0. The highest BCUT2D eigenvalue weighted by atomic mass is 35.5. The summed E-state index contributed by atoms with van der Waals surface area (Å²) >= 11 is 6.05. The second-order valence-corrected chi connectivity index (χ2v) is 6.13. The zero-order valence-electron chi connectivity index (χ0n) is 11.3. The summed E-state index contributed by atoms with van der Waals surface area (Å²) in [5.41, 5.74) is 8.43. The van der Waals surface area contributed by atoms with Crippen molar-refractivity contribution >= 4 is 22.6 Å². The molecular weight excluding hydrogens is 258 g/mol. The first kappa shape index (κ1) is 12.9. The van der Waals surface area contributed by atoms with Crippen molar-refractivity contribution in [2.24, 2.45) is 12.8 Å². The Labute approximate surface area is 118 Å². The monoisotopic (exact) mass is 277 g/mol. The van der Waals surface area contributed by atoms with Gasteiger partial charge in [0.25, 0.3) is 0 Å². The molecule has 3 nitrogen and oxygen atoms in total. The maximum Gasteiger partial charge on any atom is 0.129 e. The number of halogens is 1. The van der Waals surface area contributed by atoms with Crippen LogP contribution >= 0.6 is 11.6 Å². The smallest absolute Gasteiger partial charge is 0.129 e. The number of imidazole rings is 1. The van der Waals surface area contributed by atoms with Crippen LogP contribution in [0, 0.1) is 0 Å². The molecule has 1 aliphatic carbocycles. The van der Waals surface area contributed by atoms with Crippen molar-refractivity contribution in [1.29, 1.82) is 0 Å². The van der Waals surface area contributed by atoms with Gasteiger partial charge in [0.1, 0.15) is 5.82 Å². The highest BCUT2D eigenvalue weighted by molar-refractivity contribution is 6.31. The van der Waals surface area contributed by atoms with Gasteiger partial charge in [-0.3, -0.25) is 0 Å². The van der Waals surface area contributed by atoms with Gasteiger partial charge in [-0.1, -0.05) is 37.3 Å². The molecular formula is C15H20ClN3. The molecule has 2 aromatic rings. The van der Waals surface area contributed by atoms with Crippen LogP contribution in [-0.4, -0.2) is 9.55 Å². The Morgan fingerprint density at radius 1 is 1.21 bits per heavy atom. The first-order valence-electron chi connectivity index (χ1n) is 7.01. The van der Waals surface area contributed by atoms with Crippen LogP contribution in [0.3, 0.4) is 0 Å². The quantitative estimate of drug-likeness (QED) is 0.807. The topological polar surface area (TPSA) is 43.8 Å². The summed E-state index contributed by atoms with van der Waals surface area (Å²) < 4.78 is 2.14. The van der Waals surface area contributed by atoms with Gasteiger partial charge in [0.05, 0.1) is 16.6 Å². The summed E-state index contributed by atoms with van der Waals surface area (Å²) in [5, 5.41) is 0.726. The second kappa shape index (κ2) is 4.80. The van der Waals surface area contributed by atoms with Gasteiger partial charge in [-0.05, 0) is 31.0 Å². The fourth-order valence-corrected chi connectivity index (χ4v) is 3.37. The number of aryl methyl sites for hydroxylation is 1. The molecule has 0 unspecified atom stereocenters. The van der Waals surface area contributed by atoms with E-state index in [1.807, 2.05) is 18.2 Å². The average molecular weight is 278 g/mol. The fourth-order valence-electron chi connectivity index (χ4n) is 3.20. The van der Waals surface area contributed by atoms with E-state index >= 15 is 0 Å². The molecule has 0 saturated heterocycles. The maximum absolute atomic E-state index is 6.67. The normalized spacial score (nSPS) is 19.5. The van der Waals surface area contributed by atoms with E-state index in [0.29, 0.717) is 0 Å². The highest BCUT2D eigenvalue weighted by Gasteiger charge is 2.32. The summed E-state index contributed by atoms with van der Waals surface area (Å²) in [5.74, 6) is 1.01. The van der Waals surface area contributed by atoms with Crippen LogP contribution in [0.25, 0.3) is 11.0 Å². The Morgan fingerprint density at radius 3 is 2.58 bits per heavy atom. The van der Waals surface area contributed by atoms with Crippen LogP contribution in [0.15, 0.2) is 18.2 Å². The number of fused-ring (bicyclic) bond motifs is 1. The number of nitrogens with zero attached hydrogens (tertiary/aromatic N) is 2. The number of hydrogen-bond donors (Lipinski definition) is 1. The lowest BCUT2D eigenvalue weighted by Gasteiger charge is -2.27. The largest absolute Gasteiger partial charge is 0.330 e. The molecule has 3 rings (SSSR count). The predicted molar refractivity (Wildman–Crippen MR) is 79.3 cm³/mol. The van der Waals surface area contributed by atoms with Crippen LogP contribution in [0.5, 0.6) is 0 Å². The van der Waals surface area contributed by atoms with Crippen molar-refractivity contribution in [2.75, 3.05) is 0 Å². The maximum atomic E-state index is 6.67. The zero-order valence-corrected chi connectivity index (χ0v) is 12.1. The number of aromatic nitrogens is 2. The van der Waals surface area contributed by atoms with E-state index in [1.165, 1.54) is 25.7 Å². The summed E-state index contributed by atoms with van der Waals surface area (Å²) in [6.07, 6.45) is 7.01. The van der Waals surface area contributed by atoms with E-state index in [-0.39, 0.29) is 5.54 Å². The minimum absolute atomic E-state index is 0.281. The van der Waals surface area contributed by atoms with Gasteiger partial charge in [-0.15, -0.1) is 0 Å². The van der Waals surface area contributed by atoms with E-state index in [1.54, 1.807) is 0 Å². The molecule has 0 bridgehead atoms. The molecule has 1 aromatic heterocycles. The summed E-state index contributed by atoms with van der Waals surface area (Å²) in [4.78, 5) is 4.76. The second-order valence-electron chi connectivity index (χ2n) is 5.70. The van der Waals surface area contributed by atoms with Crippen molar-refractivity contribution in [1.82, 2.24) is 9.55 Å². The van der Waals surface area contributed by atoms with E-state index in [9.17, 15) is 0 Å². The zero-order chi connectivity index (χ0) is 13.5. The standard InChI is InChI=1S/C15H20ClN3/c1-19-13-7-6-11(16)10-12(13)18-14(19)15(17)8-4-2-3-5-9-15/h6-7,10H,2-5,8-9,17H2,1H3. The van der Waals surface area contributed by atoms with Crippen molar-refractivity contribution in [3.05, 3.63) is 29.0 Å². The lowest BCUT2D eigenvalue weighted by atomic mass is 9.90. The highest BCUT2D eigenvalue weighted by Crippen LogP contribution is 2.34. The first-order valence-corrected chi connectivity index (χ1v) is 7.39. The SMILES string of the molecule is Cn1c(C2(N)CCCCCC2)nc2cc(Cl)ccc21. The number of benzene rings is 1. The molecule has 4 heteroatoms. The van der Waals surface area contributed by atoms with Gasteiger partial charge in [0.2, 0.25) is 0 Å². The third-order valence-corrected chi connectivity index (χ3v) is 4.52. The summed E-state index contributed by atoms with van der Waals surface area (Å²) in [6, 6.07) is 5.85. The van der Waals surface area contributed by atoms with Crippen LogP contribution in [-0.2, 0) is 12.6 Å². The molecule has 1 aliphatic rings. The molecule has 0 aliphatic heterocycles.